The zero-order valence-corrected chi connectivity index (χ0v) is 13.4. The van der Waals surface area contributed by atoms with E-state index >= 15 is 0 Å². The van der Waals surface area contributed by atoms with Gasteiger partial charge < -0.3 is 5.11 Å². The summed E-state index contributed by atoms with van der Waals surface area (Å²) in [5.41, 5.74) is 0.584. The van der Waals surface area contributed by atoms with Crippen molar-refractivity contribution < 1.29 is 13.5 Å². The number of halogens is 1. The first-order valence-electron chi connectivity index (χ1n) is 6.84. The van der Waals surface area contributed by atoms with Gasteiger partial charge in [0.05, 0.1) is 5.02 Å². The molecule has 114 valence electrons. The zero-order chi connectivity index (χ0) is 15.5. The van der Waals surface area contributed by atoms with E-state index in [-0.39, 0.29) is 16.5 Å². The van der Waals surface area contributed by atoms with E-state index in [1.165, 1.54) is 16.4 Å². The average Bonchev–Trinajstić information content (AvgIpc) is 2.45. The van der Waals surface area contributed by atoms with E-state index in [1.807, 2.05) is 0 Å². The summed E-state index contributed by atoms with van der Waals surface area (Å²) < 4.78 is 26.7. The SMILES string of the molecule is CC1CCN(S(=O)(=O)c2ccc(C#CCO)cc2Cl)CC1. The molecule has 2 rings (SSSR count). The molecule has 1 aromatic carbocycles. The largest absolute Gasteiger partial charge is 0.384 e. The average molecular weight is 328 g/mol. The van der Waals surface area contributed by atoms with Crippen LogP contribution in [-0.4, -0.2) is 37.5 Å². The van der Waals surface area contributed by atoms with E-state index in [2.05, 4.69) is 18.8 Å². The van der Waals surface area contributed by atoms with E-state index < -0.39 is 10.0 Å². The van der Waals surface area contributed by atoms with Gasteiger partial charge in [-0.1, -0.05) is 30.4 Å². The van der Waals surface area contributed by atoms with Gasteiger partial charge in [0.2, 0.25) is 10.0 Å². The van der Waals surface area contributed by atoms with Crippen LogP contribution in [0.5, 0.6) is 0 Å². The highest BCUT2D eigenvalue weighted by Crippen LogP contribution is 2.28. The maximum Gasteiger partial charge on any atom is 0.244 e. The fraction of sp³-hybridized carbons (Fsp3) is 0.467. The summed E-state index contributed by atoms with van der Waals surface area (Å²) in [5, 5.41) is 8.83. The third-order valence-corrected chi connectivity index (χ3v) is 5.99. The van der Waals surface area contributed by atoms with E-state index in [0.717, 1.165) is 12.8 Å². The predicted molar refractivity (Wildman–Crippen MR) is 82.6 cm³/mol. The second-order valence-corrected chi connectivity index (χ2v) is 7.51. The van der Waals surface area contributed by atoms with E-state index in [0.29, 0.717) is 24.6 Å². The highest BCUT2D eigenvalue weighted by atomic mass is 35.5. The lowest BCUT2D eigenvalue weighted by atomic mass is 10.0. The van der Waals surface area contributed by atoms with Crippen LogP contribution in [0.4, 0.5) is 0 Å². The molecule has 0 amide bonds. The Hall–Kier alpha value is -1.06. The Morgan fingerprint density at radius 3 is 2.62 bits per heavy atom. The Balaban J connectivity index is 2.28. The van der Waals surface area contributed by atoms with Crippen LogP contribution < -0.4 is 0 Å². The zero-order valence-electron chi connectivity index (χ0n) is 11.8. The molecule has 0 aromatic heterocycles. The number of hydrogen-bond acceptors (Lipinski definition) is 3. The van der Waals surface area contributed by atoms with Crippen molar-refractivity contribution in [3.05, 3.63) is 28.8 Å². The summed E-state index contributed by atoms with van der Waals surface area (Å²) in [6.07, 6.45) is 1.74. The molecule has 0 bridgehead atoms. The Morgan fingerprint density at radius 1 is 1.38 bits per heavy atom. The van der Waals surface area contributed by atoms with Gasteiger partial charge in [0.15, 0.2) is 0 Å². The monoisotopic (exact) mass is 327 g/mol. The van der Waals surface area contributed by atoms with Crippen LogP contribution in [0.1, 0.15) is 25.3 Å². The molecule has 0 atom stereocenters. The van der Waals surface area contributed by atoms with Crippen molar-refractivity contribution in [1.82, 2.24) is 4.31 Å². The van der Waals surface area contributed by atoms with Crippen molar-refractivity contribution >= 4 is 21.6 Å². The summed E-state index contributed by atoms with van der Waals surface area (Å²) in [7, 11) is -3.55. The fourth-order valence-electron chi connectivity index (χ4n) is 2.29. The van der Waals surface area contributed by atoms with Gasteiger partial charge >= 0.3 is 0 Å². The Labute approximate surface area is 130 Å². The Morgan fingerprint density at radius 2 is 2.05 bits per heavy atom. The van der Waals surface area contributed by atoms with Crippen LogP contribution in [0.25, 0.3) is 0 Å². The summed E-state index contributed by atoms with van der Waals surface area (Å²) in [6.45, 7) is 2.95. The minimum Gasteiger partial charge on any atom is -0.384 e. The molecule has 1 aliphatic heterocycles. The van der Waals surface area contributed by atoms with E-state index in [9.17, 15) is 8.42 Å². The Kier molecular flexibility index (Phi) is 5.28. The molecule has 6 heteroatoms. The second kappa shape index (κ2) is 6.80. The summed E-state index contributed by atoms with van der Waals surface area (Å²) >= 11 is 6.10. The van der Waals surface area contributed by atoms with Crippen LogP contribution in [0.15, 0.2) is 23.1 Å². The minimum absolute atomic E-state index is 0.119. The number of rotatable bonds is 2. The summed E-state index contributed by atoms with van der Waals surface area (Å²) in [5.74, 6) is 5.77. The Bertz CT molecular complexity index is 668. The van der Waals surface area contributed by atoms with Crippen molar-refractivity contribution in [2.45, 2.75) is 24.7 Å². The number of piperidine rings is 1. The highest BCUT2D eigenvalue weighted by Gasteiger charge is 2.29. The maximum atomic E-state index is 12.6. The number of nitrogens with zero attached hydrogens (tertiary/aromatic N) is 1. The van der Waals surface area contributed by atoms with Gasteiger partial charge in [-0.05, 0) is 37.0 Å². The van der Waals surface area contributed by atoms with Crippen LogP contribution in [0.2, 0.25) is 5.02 Å². The molecule has 0 unspecified atom stereocenters. The van der Waals surface area contributed by atoms with Crippen LogP contribution >= 0.6 is 11.6 Å². The quantitative estimate of drug-likeness (QED) is 0.846. The normalized spacial score (nSPS) is 17.3. The number of hydrogen-bond donors (Lipinski definition) is 1. The number of sulfonamides is 1. The predicted octanol–water partition coefficient (Wildman–Crippen LogP) is 2.10. The van der Waals surface area contributed by atoms with Crippen LogP contribution in [-0.2, 0) is 10.0 Å². The number of benzene rings is 1. The van der Waals surface area contributed by atoms with Gasteiger partial charge in [-0.15, -0.1) is 0 Å². The lowest BCUT2D eigenvalue weighted by Crippen LogP contribution is -2.38. The molecule has 1 N–H and O–H groups in total. The lowest BCUT2D eigenvalue weighted by Gasteiger charge is -2.29. The fourth-order valence-corrected chi connectivity index (χ4v) is 4.28. The van der Waals surface area contributed by atoms with Gasteiger partial charge in [-0.2, -0.15) is 4.31 Å². The summed E-state index contributed by atoms with van der Waals surface area (Å²) in [4.78, 5) is 0.119. The van der Waals surface area contributed by atoms with Crippen LogP contribution in [0, 0.1) is 17.8 Å². The van der Waals surface area contributed by atoms with Gasteiger partial charge in [0.1, 0.15) is 11.5 Å². The van der Waals surface area contributed by atoms with Crippen molar-refractivity contribution in [2.75, 3.05) is 19.7 Å². The third kappa shape index (κ3) is 3.78. The molecule has 0 spiro atoms. The standard InChI is InChI=1S/C15H18ClNO3S/c1-12-6-8-17(9-7-12)21(19,20)15-5-4-13(3-2-10-18)11-14(15)16/h4-5,11-12,18H,6-10H2,1H3. The minimum atomic E-state index is -3.55. The van der Waals surface area contributed by atoms with Crippen LogP contribution in [0.3, 0.4) is 0 Å². The molecule has 1 aliphatic rings. The van der Waals surface area contributed by atoms with Gasteiger partial charge in [0, 0.05) is 18.7 Å². The molecule has 0 radical (unpaired) electrons. The third-order valence-electron chi connectivity index (χ3n) is 3.60. The van der Waals surface area contributed by atoms with Gasteiger partial charge in [-0.25, -0.2) is 8.42 Å². The first-order valence-corrected chi connectivity index (χ1v) is 8.66. The molecule has 1 fully saturated rings. The smallest absolute Gasteiger partial charge is 0.244 e. The summed E-state index contributed by atoms with van der Waals surface area (Å²) in [6, 6.07) is 4.61. The lowest BCUT2D eigenvalue weighted by molar-refractivity contribution is 0.288. The van der Waals surface area contributed by atoms with Gasteiger partial charge in [0.25, 0.3) is 0 Å². The molecule has 1 saturated heterocycles. The van der Waals surface area contributed by atoms with Crippen molar-refractivity contribution in [2.24, 2.45) is 5.92 Å². The molecule has 1 aromatic rings. The maximum absolute atomic E-state index is 12.6. The molecule has 4 nitrogen and oxygen atoms in total. The molecule has 0 aliphatic carbocycles. The van der Waals surface area contributed by atoms with Crippen molar-refractivity contribution in [1.29, 1.82) is 0 Å². The van der Waals surface area contributed by atoms with Crippen molar-refractivity contribution in [3.8, 4) is 11.8 Å². The van der Waals surface area contributed by atoms with E-state index in [4.69, 9.17) is 16.7 Å². The molecule has 1 heterocycles. The number of aliphatic hydroxyl groups is 1. The number of aliphatic hydroxyl groups excluding tert-OH is 1. The first kappa shape index (κ1) is 16.3. The molecular formula is C15H18ClNO3S. The molecule has 21 heavy (non-hydrogen) atoms. The molecular weight excluding hydrogens is 310 g/mol. The first-order chi connectivity index (χ1) is 9.95. The second-order valence-electron chi connectivity index (χ2n) is 5.19. The topological polar surface area (TPSA) is 57.6 Å². The molecule has 0 saturated carbocycles. The highest BCUT2D eigenvalue weighted by molar-refractivity contribution is 7.89. The van der Waals surface area contributed by atoms with Crippen molar-refractivity contribution in [3.63, 3.8) is 0 Å². The van der Waals surface area contributed by atoms with Gasteiger partial charge in [-0.3, -0.25) is 0 Å². The van der Waals surface area contributed by atoms with E-state index in [1.54, 1.807) is 6.07 Å².